The van der Waals surface area contributed by atoms with Crippen molar-refractivity contribution in [3.05, 3.63) is 77.6 Å². The maximum atomic E-state index is 13.6. The van der Waals surface area contributed by atoms with Crippen LogP contribution in [0.15, 0.2) is 72.0 Å². The Morgan fingerprint density at radius 2 is 1.94 bits per heavy atom. The second-order valence-corrected chi connectivity index (χ2v) is 17.2. The molecule has 19 heteroatoms. The standard InChI is InChI=1S/C31H30N10O6S3/c1-4-49(43,44)40-16-31(17-40,10-11-32)41-15-21(14-36-41)25-23-9-12-39(28(23)35-18-34-25)19-47-27-22-7-5-6-8-24(22)50(45,46)38(3)26(27)29(42)37-30-33-13-20(2)48-30/h5-9,12-15,18H,4,10,16-17,19H2,1-3H3,(H,33,37,42). The van der Waals surface area contributed by atoms with Gasteiger partial charge in [-0.1, -0.05) is 12.1 Å². The van der Waals surface area contributed by atoms with Crippen molar-refractivity contribution in [2.45, 2.75) is 37.4 Å². The Labute approximate surface area is 291 Å². The fourth-order valence-electron chi connectivity index (χ4n) is 6.03. The highest BCUT2D eigenvalue weighted by Gasteiger charge is 2.49. The van der Waals surface area contributed by atoms with E-state index in [1.165, 1.54) is 35.1 Å². The van der Waals surface area contributed by atoms with Crippen molar-refractivity contribution in [1.82, 2.24) is 37.9 Å². The number of hydrogen-bond acceptors (Lipinski definition) is 12. The highest BCUT2D eigenvalue weighted by atomic mass is 32.2. The third-order valence-corrected chi connectivity index (χ3v) is 13.1. The molecular weight excluding hydrogens is 705 g/mol. The number of hydrogen-bond donors (Lipinski definition) is 1. The summed E-state index contributed by atoms with van der Waals surface area (Å²) in [5.41, 5.74) is 0.914. The molecule has 0 atom stereocenters. The van der Waals surface area contributed by atoms with Crippen molar-refractivity contribution in [2.75, 3.05) is 31.2 Å². The van der Waals surface area contributed by atoms with Gasteiger partial charge in [-0.3, -0.25) is 23.7 Å². The number of carbonyl (C=O) groups is 1. The molecule has 1 aromatic carbocycles. The number of thiazole rings is 1. The number of anilines is 1. The molecule has 1 amide bonds. The molecule has 0 bridgehead atoms. The maximum absolute atomic E-state index is 13.6. The average Bonchev–Trinajstić information content (AvgIpc) is 3.84. The van der Waals surface area contributed by atoms with Gasteiger partial charge in [0.2, 0.25) is 10.0 Å². The van der Waals surface area contributed by atoms with Crippen molar-refractivity contribution in [2.24, 2.45) is 0 Å². The van der Waals surface area contributed by atoms with Crippen LogP contribution in [-0.2, 0) is 41.8 Å². The predicted octanol–water partition coefficient (Wildman–Crippen LogP) is 2.95. The normalized spacial score (nSPS) is 16.9. The smallest absolute Gasteiger partial charge is 0.278 e. The van der Waals surface area contributed by atoms with Crippen LogP contribution in [0.5, 0.6) is 0 Å². The lowest BCUT2D eigenvalue weighted by Crippen LogP contribution is -2.64. The molecule has 1 saturated heterocycles. The minimum Gasteiger partial charge on any atom is -0.470 e. The van der Waals surface area contributed by atoms with E-state index in [9.17, 15) is 26.9 Å². The first-order valence-electron chi connectivity index (χ1n) is 15.3. The first-order valence-corrected chi connectivity index (χ1v) is 19.1. The number of aromatic nitrogens is 6. The zero-order valence-corrected chi connectivity index (χ0v) is 29.5. The summed E-state index contributed by atoms with van der Waals surface area (Å²) < 4.78 is 63.6. The van der Waals surface area contributed by atoms with Gasteiger partial charge in [0.05, 0.1) is 35.0 Å². The van der Waals surface area contributed by atoms with Crippen molar-refractivity contribution in [3.8, 4) is 17.3 Å². The number of carbonyl (C=O) groups excluding carboxylic acids is 1. The molecule has 7 rings (SSSR count). The molecule has 0 aliphatic carbocycles. The van der Waals surface area contributed by atoms with Crippen LogP contribution in [0.3, 0.4) is 0 Å². The van der Waals surface area contributed by atoms with Crippen LogP contribution in [0.25, 0.3) is 28.0 Å². The topological polar surface area (TPSA) is 198 Å². The Morgan fingerprint density at radius 1 is 1.16 bits per heavy atom. The minimum atomic E-state index is -4.07. The van der Waals surface area contributed by atoms with E-state index < -0.39 is 31.5 Å². The van der Waals surface area contributed by atoms with Gasteiger partial charge in [0.1, 0.15) is 17.5 Å². The van der Waals surface area contributed by atoms with Gasteiger partial charge in [0, 0.05) is 60.1 Å². The van der Waals surface area contributed by atoms with Crippen LogP contribution in [-0.4, -0.2) is 86.5 Å². The molecular formula is C31H30N10O6S3. The molecule has 0 saturated carbocycles. The van der Waals surface area contributed by atoms with Crippen molar-refractivity contribution in [3.63, 3.8) is 0 Å². The number of ether oxygens (including phenoxy) is 1. The van der Waals surface area contributed by atoms with Crippen LogP contribution in [0.2, 0.25) is 0 Å². The van der Waals surface area contributed by atoms with E-state index >= 15 is 0 Å². The number of aryl methyl sites for hydroxylation is 1. The molecule has 6 heterocycles. The Kier molecular flexibility index (Phi) is 8.21. The molecule has 2 aliphatic rings. The third kappa shape index (κ3) is 5.49. The summed E-state index contributed by atoms with van der Waals surface area (Å²) in [4.78, 5) is 27.6. The van der Waals surface area contributed by atoms with Crippen molar-refractivity contribution < 1.29 is 26.4 Å². The summed E-state index contributed by atoms with van der Waals surface area (Å²) in [5.74, 6) is -0.673. The predicted molar refractivity (Wildman–Crippen MR) is 183 cm³/mol. The number of nitrogens with one attached hydrogen (secondary N) is 1. The Hall–Kier alpha value is -5.16. The minimum absolute atomic E-state index is 0.00539. The second-order valence-electron chi connectivity index (χ2n) is 11.8. The number of rotatable bonds is 10. The van der Waals surface area contributed by atoms with Crippen LogP contribution in [0.4, 0.5) is 5.13 Å². The quantitative estimate of drug-likeness (QED) is 0.221. The van der Waals surface area contributed by atoms with E-state index in [4.69, 9.17) is 4.74 Å². The van der Waals surface area contributed by atoms with Gasteiger partial charge < -0.3 is 4.74 Å². The van der Waals surface area contributed by atoms with Crippen molar-refractivity contribution in [1.29, 1.82) is 5.26 Å². The summed E-state index contributed by atoms with van der Waals surface area (Å²) in [5, 5.41) is 17.7. The first-order chi connectivity index (χ1) is 23.9. The fraction of sp³-hybridized carbons (Fsp3) is 0.290. The average molecular weight is 735 g/mol. The lowest BCUT2D eigenvalue weighted by atomic mass is 9.89. The Morgan fingerprint density at radius 3 is 2.66 bits per heavy atom. The number of sulfonamides is 2. The van der Waals surface area contributed by atoms with Gasteiger partial charge in [-0.2, -0.15) is 14.7 Å². The molecule has 4 aromatic heterocycles. The molecule has 1 N–H and O–H groups in total. The Bertz CT molecular complexity index is 2450. The van der Waals surface area contributed by atoms with Crippen LogP contribution >= 0.6 is 11.3 Å². The van der Waals surface area contributed by atoms with Gasteiger partial charge in [-0.15, -0.1) is 11.3 Å². The van der Waals surface area contributed by atoms with E-state index in [2.05, 4.69) is 31.4 Å². The van der Waals surface area contributed by atoms with Crippen LogP contribution < -0.4 is 5.32 Å². The summed E-state index contributed by atoms with van der Waals surface area (Å²) in [7, 11) is -6.17. The second kappa shape index (κ2) is 12.3. The molecule has 0 spiro atoms. The number of nitrogens with zero attached hydrogens (tertiary/aromatic N) is 9. The van der Waals surface area contributed by atoms with Gasteiger partial charge in [-0.25, -0.2) is 31.8 Å². The van der Waals surface area contributed by atoms with E-state index in [0.717, 1.165) is 9.18 Å². The summed E-state index contributed by atoms with van der Waals surface area (Å²) in [6.07, 6.45) is 8.16. The van der Waals surface area contributed by atoms with E-state index in [-0.39, 0.29) is 53.9 Å². The van der Waals surface area contributed by atoms with E-state index in [1.54, 1.807) is 65.2 Å². The number of likely N-dealkylation sites (N-methyl/N-ethyl adjacent to an activating group) is 1. The SMILES string of the molecule is CCS(=O)(=O)N1CC(CC#N)(n2cc(-c3ncnc4c3ccn4COC3=C(C(=O)Nc4ncc(C)s4)N(C)S(=O)(=O)c4ccccc43)cn2)C1. The zero-order valence-electron chi connectivity index (χ0n) is 27.0. The molecule has 0 radical (unpaired) electrons. The summed E-state index contributed by atoms with van der Waals surface area (Å²) >= 11 is 1.25. The molecule has 2 aliphatic heterocycles. The molecule has 16 nitrogen and oxygen atoms in total. The van der Waals surface area contributed by atoms with Crippen LogP contribution in [0.1, 0.15) is 23.8 Å². The Balaban J connectivity index is 1.21. The zero-order chi connectivity index (χ0) is 35.4. The molecule has 50 heavy (non-hydrogen) atoms. The summed E-state index contributed by atoms with van der Waals surface area (Å²) in [6.45, 7) is 3.56. The number of amides is 1. The number of fused-ring (bicyclic) bond motifs is 2. The first kappa shape index (κ1) is 33.3. The highest BCUT2D eigenvalue weighted by Crippen LogP contribution is 2.39. The van der Waals surface area contributed by atoms with Crippen LogP contribution in [0, 0.1) is 18.3 Å². The highest BCUT2D eigenvalue weighted by molar-refractivity contribution is 7.89. The number of benzene rings is 1. The molecule has 1 fully saturated rings. The van der Waals surface area contributed by atoms with Gasteiger partial charge in [0.25, 0.3) is 15.9 Å². The van der Waals surface area contributed by atoms with Crippen molar-refractivity contribution >= 4 is 59.2 Å². The monoisotopic (exact) mass is 734 g/mol. The van der Waals surface area contributed by atoms with Gasteiger partial charge >= 0.3 is 0 Å². The molecule has 5 aromatic rings. The number of nitriles is 1. The van der Waals surface area contributed by atoms with Gasteiger partial charge in [0.15, 0.2) is 23.3 Å². The fourth-order valence-corrected chi connectivity index (χ4v) is 9.32. The third-order valence-electron chi connectivity index (χ3n) is 8.71. The van der Waals surface area contributed by atoms with E-state index in [1.807, 2.05) is 6.92 Å². The maximum Gasteiger partial charge on any atom is 0.278 e. The van der Waals surface area contributed by atoms with Gasteiger partial charge in [-0.05, 0) is 32.0 Å². The lowest BCUT2D eigenvalue weighted by molar-refractivity contribution is -0.113. The summed E-state index contributed by atoms with van der Waals surface area (Å²) in [6, 6.07) is 10.3. The lowest BCUT2D eigenvalue weighted by Gasteiger charge is -2.47. The van der Waals surface area contributed by atoms with E-state index in [0.29, 0.717) is 27.4 Å². The molecule has 0 unspecified atom stereocenters. The largest absolute Gasteiger partial charge is 0.470 e. The molecule has 258 valence electrons.